The highest BCUT2D eigenvalue weighted by molar-refractivity contribution is 7.89. The Morgan fingerprint density at radius 3 is 2.27 bits per heavy atom. The molecule has 0 aliphatic carbocycles. The highest BCUT2D eigenvalue weighted by atomic mass is 32.2. The van der Waals surface area contributed by atoms with Crippen molar-refractivity contribution in [3.63, 3.8) is 0 Å². The second-order valence-corrected chi connectivity index (χ2v) is 12.6. The van der Waals surface area contributed by atoms with Crippen LogP contribution in [0, 0.1) is 5.92 Å². The van der Waals surface area contributed by atoms with E-state index in [2.05, 4.69) is 19.6 Å². The van der Waals surface area contributed by atoms with E-state index in [1.54, 1.807) is 0 Å². The van der Waals surface area contributed by atoms with Crippen LogP contribution in [0.4, 0.5) is 0 Å². The molecule has 0 aromatic carbocycles. The predicted octanol–water partition coefficient (Wildman–Crippen LogP) is 1.27. The van der Waals surface area contributed by atoms with Crippen LogP contribution in [0.3, 0.4) is 0 Å². The zero-order valence-corrected chi connectivity index (χ0v) is 11.9. The van der Waals surface area contributed by atoms with Crippen molar-refractivity contribution < 1.29 is 13.2 Å². The van der Waals surface area contributed by atoms with Crippen molar-refractivity contribution in [3.8, 4) is 0 Å². The van der Waals surface area contributed by atoms with Gasteiger partial charge in [0.1, 0.15) is 0 Å². The van der Waals surface area contributed by atoms with Crippen molar-refractivity contribution in [2.24, 2.45) is 11.1 Å². The summed E-state index contributed by atoms with van der Waals surface area (Å²) in [5.74, 6) is -0.0263. The minimum absolute atomic E-state index is 0.0000531. The lowest BCUT2D eigenvalue weighted by Crippen LogP contribution is -2.26. The first-order valence-electron chi connectivity index (χ1n) is 5.18. The molecular weight excluding hydrogens is 230 g/mol. The molecule has 0 bridgehead atoms. The van der Waals surface area contributed by atoms with Gasteiger partial charge in [-0.3, -0.25) is 0 Å². The van der Waals surface area contributed by atoms with Crippen LogP contribution in [0.2, 0.25) is 25.7 Å². The molecule has 0 amide bonds. The maximum absolute atomic E-state index is 10.8. The molecule has 0 radical (unpaired) electrons. The molecular formula is C9H23NO3SSi. The normalized spacial score (nSPS) is 15.3. The highest BCUT2D eigenvalue weighted by Crippen LogP contribution is 2.08. The second kappa shape index (κ2) is 5.98. The van der Waals surface area contributed by atoms with Crippen LogP contribution in [-0.2, 0) is 14.8 Å². The van der Waals surface area contributed by atoms with Gasteiger partial charge >= 0.3 is 0 Å². The smallest absolute Gasteiger partial charge is 0.209 e. The molecule has 4 nitrogen and oxygen atoms in total. The third-order valence-corrected chi connectivity index (χ3v) is 4.65. The van der Waals surface area contributed by atoms with Gasteiger partial charge in [-0.1, -0.05) is 26.6 Å². The number of rotatable bonds is 7. The average molecular weight is 253 g/mol. The van der Waals surface area contributed by atoms with Crippen molar-refractivity contribution in [3.05, 3.63) is 0 Å². The van der Waals surface area contributed by atoms with Crippen LogP contribution in [0.1, 0.15) is 6.92 Å². The van der Waals surface area contributed by atoms with Crippen molar-refractivity contribution in [2.45, 2.75) is 32.6 Å². The van der Waals surface area contributed by atoms with Gasteiger partial charge in [-0.25, -0.2) is 13.6 Å². The second-order valence-electron chi connectivity index (χ2n) is 5.32. The van der Waals surface area contributed by atoms with Crippen LogP contribution >= 0.6 is 0 Å². The first-order chi connectivity index (χ1) is 6.60. The molecule has 0 heterocycles. The molecule has 0 aliphatic rings. The van der Waals surface area contributed by atoms with E-state index in [-0.39, 0.29) is 11.7 Å². The van der Waals surface area contributed by atoms with Crippen molar-refractivity contribution in [1.82, 2.24) is 0 Å². The maximum atomic E-state index is 10.8. The first-order valence-corrected chi connectivity index (χ1v) is 10.6. The van der Waals surface area contributed by atoms with Crippen LogP contribution in [-0.4, -0.2) is 35.5 Å². The van der Waals surface area contributed by atoms with Gasteiger partial charge in [0.2, 0.25) is 10.0 Å². The van der Waals surface area contributed by atoms with Gasteiger partial charge in [0.25, 0.3) is 0 Å². The van der Waals surface area contributed by atoms with Crippen LogP contribution in [0.5, 0.6) is 0 Å². The van der Waals surface area contributed by atoms with E-state index in [9.17, 15) is 8.42 Å². The van der Waals surface area contributed by atoms with E-state index < -0.39 is 18.1 Å². The molecule has 0 aliphatic heterocycles. The summed E-state index contributed by atoms with van der Waals surface area (Å²) in [6, 6.07) is 1.11. The zero-order valence-electron chi connectivity index (χ0n) is 10.1. The monoisotopic (exact) mass is 253 g/mol. The molecule has 0 saturated heterocycles. The van der Waals surface area contributed by atoms with Gasteiger partial charge < -0.3 is 4.74 Å². The number of hydrogen-bond acceptors (Lipinski definition) is 3. The molecule has 0 aromatic heterocycles. The molecule has 15 heavy (non-hydrogen) atoms. The molecule has 0 aromatic rings. The molecule has 2 N–H and O–H groups in total. The number of ether oxygens (including phenoxy) is 1. The summed E-state index contributed by atoms with van der Waals surface area (Å²) in [5.41, 5.74) is 0. The van der Waals surface area contributed by atoms with E-state index >= 15 is 0 Å². The number of primary sulfonamides is 1. The topological polar surface area (TPSA) is 69.4 Å². The van der Waals surface area contributed by atoms with Crippen LogP contribution in [0.25, 0.3) is 0 Å². The van der Waals surface area contributed by atoms with Crippen LogP contribution < -0.4 is 5.14 Å². The van der Waals surface area contributed by atoms with Gasteiger partial charge in [-0.05, 0) is 12.0 Å². The van der Waals surface area contributed by atoms with E-state index in [0.717, 1.165) is 12.7 Å². The fraction of sp³-hybridized carbons (Fsp3) is 1.00. The first kappa shape index (κ1) is 15.1. The Hall–Kier alpha value is 0.0869. The summed E-state index contributed by atoms with van der Waals surface area (Å²) < 4.78 is 27.0. The maximum Gasteiger partial charge on any atom is 0.209 e. The van der Waals surface area contributed by atoms with Gasteiger partial charge in [0.05, 0.1) is 12.4 Å². The Labute approximate surface area is 94.3 Å². The molecule has 1 unspecified atom stereocenters. The van der Waals surface area contributed by atoms with E-state index in [0.29, 0.717) is 6.61 Å². The molecule has 0 fully saturated rings. The lowest BCUT2D eigenvalue weighted by Gasteiger charge is -2.16. The SMILES string of the molecule is CC(COCC[Si](C)(C)C)CS(N)(=O)=O. The summed E-state index contributed by atoms with van der Waals surface area (Å²) in [4.78, 5) is 0. The zero-order chi connectivity index (χ0) is 12.1. The summed E-state index contributed by atoms with van der Waals surface area (Å²) >= 11 is 0. The standard InChI is InChI=1S/C9H23NO3SSi/c1-9(8-14(10,11)12)7-13-5-6-15(2,3)4/h9H,5-8H2,1-4H3,(H2,10,11,12). The summed E-state index contributed by atoms with van der Waals surface area (Å²) in [7, 11) is -4.40. The summed E-state index contributed by atoms with van der Waals surface area (Å²) in [6.45, 7) is 9.88. The molecule has 0 spiro atoms. The van der Waals surface area contributed by atoms with E-state index in [4.69, 9.17) is 9.88 Å². The fourth-order valence-electron chi connectivity index (χ4n) is 1.11. The van der Waals surface area contributed by atoms with Crippen molar-refractivity contribution in [1.29, 1.82) is 0 Å². The number of hydrogen-bond donors (Lipinski definition) is 1. The Balaban J connectivity index is 3.61. The van der Waals surface area contributed by atoms with Crippen molar-refractivity contribution in [2.75, 3.05) is 19.0 Å². The molecule has 6 heteroatoms. The minimum Gasteiger partial charge on any atom is -0.381 e. The van der Waals surface area contributed by atoms with Gasteiger partial charge in [-0.2, -0.15) is 0 Å². The van der Waals surface area contributed by atoms with Gasteiger partial charge in [0, 0.05) is 14.7 Å². The quantitative estimate of drug-likeness (QED) is 0.548. The van der Waals surface area contributed by atoms with Gasteiger partial charge in [-0.15, -0.1) is 0 Å². The van der Waals surface area contributed by atoms with E-state index in [1.807, 2.05) is 6.92 Å². The minimum atomic E-state index is -3.36. The third kappa shape index (κ3) is 12.0. The lowest BCUT2D eigenvalue weighted by molar-refractivity contribution is 0.122. The Morgan fingerprint density at radius 2 is 1.87 bits per heavy atom. The van der Waals surface area contributed by atoms with E-state index in [1.165, 1.54) is 0 Å². The fourth-order valence-corrected chi connectivity index (χ4v) is 2.75. The summed E-state index contributed by atoms with van der Waals surface area (Å²) in [6.07, 6.45) is 0. The third-order valence-electron chi connectivity index (χ3n) is 1.92. The summed E-state index contributed by atoms with van der Waals surface area (Å²) in [5, 5.41) is 4.93. The Kier molecular flexibility index (Phi) is 6.01. The Morgan fingerprint density at radius 1 is 1.33 bits per heavy atom. The molecule has 1 atom stereocenters. The molecule has 0 rings (SSSR count). The lowest BCUT2D eigenvalue weighted by atomic mass is 10.2. The van der Waals surface area contributed by atoms with Crippen LogP contribution in [0.15, 0.2) is 0 Å². The average Bonchev–Trinajstić information content (AvgIpc) is 1.92. The van der Waals surface area contributed by atoms with Gasteiger partial charge in [0.15, 0.2) is 0 Å². The number of nitrogens with two attached hydrogens (primary N) is 1. The van der Waals surface area contributed by atoms with Crippen molar-refractivity contribution >= 4 is 18.1 Å². The predicted molar refractivity (Wildman–Crippen MR) is 66.1 cm³/mol. The highest BCUT2D eigenvalue weighted by Gasteiger charge is 2.14. The Bertz CT molecular complexity index is 272. The molecule has 92 valence electrons. The largest absolute Gasteiger partial charge is 0.381 e. The molecule has 0 saturated carbocycles. The number of sulfonamides is 1.